The Morgan fingerprint density at radius 1 is 1.30 bits per heavy atom. The smallest absolute Gasteiger partial charge is 0.393 e. The molecule has 1 aromatic rings. The van der Waals surface area contributed by atoms with E-state index in [9.17, 15) is 22.8 Å². The zero-order valence-corrected chi connectivity index (χ0v) is 15.4. The molecule has 1 aromatic carbocycles. The molecule has 2 N–H and O–H groups in total. The van der Waals surface area contributed by atoms with Crippen LogP contribution in [0.15, 0.2) is 18.2 Å². The van der Waals surface area contributed by atoms with E-state index in [0.717, 1.165) is 5.56 Å². The van der Waals surface area contributed by atoms with Gasteiger partial charge < -0.3 is 15.4 Å². The lowest BCUT2D eigenvalue weighted by atomic mass is 9.97. The number of carbonyl (C=O) groups is 2. The Labute approximate surface area is 156 Å². The van der Waals surface area contributed by atoms with Crippen molar-refractivity contribution in [2.75, 3.05) is 38.6 Å². The molecule has 0 spiro atoms. The summed E-state index contributed by atoms with van der Waals surface area (Å²) in [4.78, 5) is 25.5. The Morgan fingerprint density at radius 2 is 2.04 bits per heavy atom. The highest BCUT2D eigenvalue weighted by Crippen LogP contribution is 2.32. The number of hydrogen-bond donors (Lipinski definition) is 2. The van der Waals surface area contributed by atoms with Crippen molar-refractivity contribution in [1.29, 1.82) is 0 Å². The first kappa shape index (κ1) is 21.0. The summed E-state index contributed by atoms with van der Waals surface area (Å²) < 4.78 is 43.6. The van der Waals surface area contributed by atoms with E-state index in [0.29, 0.717) is 24.4 Å². The van der Waals surface area contributed by atoms with Crippen molar-refractivity contribution in [3.05, 3.63) is 23.8 Å². The normalized spacial score (nSPS) is 18.0. The minimum Gasteiger partial charge on any atom is -0.495 e. The van der Waals surface area contributed by atoms with Crippen LogP contribution in [0, 0.1) is 12.8 Å². The Balaban J connectivity index is 1.80. The summed E-state index contributed by atoms with van der Waals surface area (Å²) in [6, 6.07) is 5.30. The van der Waals surface area contributed by atoms with Gasteiger partial charge in [0.2, 0.25) is 11.8 Å². The number of amides is 2. The Kier molecular flexibility index (Phi) is 7.06. The molecule has 6 nitrogen and oxygen atoms in total. The molecule has 1 fully saturated rings. The van der Waals surface area contributed by atoms with Crippen LogP contribution in [-0.4, -0.2) is 56.2 Å². The van der Waals surface area contributed by atoms with Gasteiger partial charge in [0.05, 0.1) is 31.8 Å². The third kappa shape index (κ3) is 6.42. The summed E-state index contributed by atoms with van der Waals surface area (Å²) in [5.74, 6) is -1.84. The number of alkyl halides is 3. The molecule has 0 aromatic heterocycles. The number of benzene rings is 1. The fourth-order valence-electron chi connectivity index (χ4n) is 3.02. The summed E-state index contributed by atoms with van der Waals surface area (Å²) in [6.07, 6.45) is -3.77. The van der Waals surface area contributed by atoms with Crippen LogP contribution in [0.25, 0.3) is 0 Å². The molecule has 1 aliphatic heterocycles. The Hall–Kier alpha value is -2.29. The molecule has 1 saturated heterocycles. The van der Waals surface area contributed by atoms with E-state index in [4.69, 9.17) is 4.74 Å². The van der Waals surface area contributed by atoms with E-state index < -0.39 is 23.9 Å². The van der Waals surface area contributed by atoms with Crippen molar-refractivity contribution < 1.29 is 27.5 Å². The zero-order chi connectivity index (χ0) is 20.0. The number of ether oxygens (including phenoxy) is 1. The second-order valence-corrected chi connectivity index (χ2v) is 6.64. The van der Waals surface area contributed by atoms with Crippen LogP contribution < -0.4 is 15.4 Å². The number of aryl methyl sites for hydroxylation is 1. The summed E-state index contributed by atoms with van der Waals surface area (Å²) in [5.41, 5.74) is 1.42. The lowest BCUT2D eigenvalue weighted by molar-refractivity contribution is -0.187. The quantitative estimate of drug-likeness (QED) is 0.786. The van der Waals surface area contributed by atoms with Crippen molar-refractivity contribution in [2.45, 2.75) is 25.9 Å². The van der Waals surface area contributed by atoms with Crippen LogP contribution in [0.5, 0.6) is 5.75 Å². The van der Waals surface area contributed by atoms with Crippen LogP contribution in [-0.2, 0) is 9.59 Å². The van der Waals surface area contributed by atoms with Gasteiger partial charge in [0, 0.05) is 6.54 Å². The first-order chi connectivity index (χ1) is 12.7. The number of piperidine rings is 1. The van der Waals surface area contributed by atoms with E-state index in [1.165, 1.54) is 12.0 Å². The summed E-state index contributed by atoms with van der Waals surface area (Å²) >= 11 is 0. The number of halogens is 3. The highest BCUT2D eigenvalue weighted by Gasteiger charge is 2.41. The van der Waals surface area contributed by atoms with Gasteiger partial charge in [0.25, 0.3) is 0 Å². The van der Waals surface area contributed by atoms with Crippen molar-refractivity contribution in [2.24, 2.45) is 5.92 Å². The molecule has 0 radical (unpaired) electrons. The average Bonchev–Trinajstić information content (AvgIpc) is 2.60. The number of hydrogen-bond acceptors (Lipinski definition) is 4. The van der Waals surface area contributed by atoms with Gasteiger partial charge in [-0.15, -0.1) is 0 Å². The summed E-state index contributed by atoms with van der Waals surface area (Å²) in [6.45, 7) is 1.68. The number of anilines is 1. The minimum atomic E-state index is -4.25. The van der Waals surface area contributed by atoms with Crippen molar-refractivity contribution in [3.8, 4) is 5.75 Å². The van der Waals surface area contributed by atoms with Gasteiger partial charge in [-0.05, 0) is 44.0 Å². The van der Waals surface area contributed by atoms with Gasteiger partial charge in [-0.2, -0.15) is 13.2 Å². The fraction of sp³-hybridized carbons (Fsp3) is 0.556. The highest BCUT2D eigenvalue weighted by atomic mass is 19.4. The molecule has 27 heavy (non-hydrogen) atoms. The molecule has 0 bridgehead atoms. The van der Waals surface area contributed by atoms with Gasteiger partial charge in [-0.25, -0.2) is 0 Å². The van der Waals surface area contributed by atoms with E-state index in [-0.39, 0.29) is 26.1 Å². The second kappa shape index (κ2) is 9.07. The topological polar surface area (TPSA) is 70.7 Å². The molecule has 2 amide bonds. The van der Waals surface area contributed by atoms with E-state index in [1.54, 1.807) is 12.1 Å². The number of nitrogens with zero attached hydrogens (tertiary/aromatic N) is 1. The molecule has 9 heteroatoms. The molecule has 2 rings (SSSR count). The van der Waals surface area contributed by atoms with E-state index >= 15 is 0 Å². The van der Waals surface area contributed by atoms with Crippen LogP contribution in [0.1, 0.15) is 18.4 Å². The Morgan fingerprint density at radius 3 is 2.70 bits per heavy atom. The molecule has 0 saturated carbocycles. The maximum atomic E-state index is 12.8. The van der Waals surface area contributed by atoms with E-state index in [2.05, 4.69) is 10.6 Å². The second-order valence-electron chi connectivity index (χ2n) is 6.64. The fourth-order valence-corrected chi connectivity index (χ4v) is 3.02. The van der Waals surface area contributed by atoms with Gasteiger partial charge in [-0.1, -0.05) is 6.07 Å². The van der Waals surface area contributed by atoms with Gasteiger partial charge in [0.15, 0.2) is 0 Å². The van der Waals surface area contributed by atoms with Crippen LogP contribution >= 0.6 is 0 Å². The first-order valence-electron chi connectivity index (χ1n) is 8.69. The van der Waals surface area contributed by atoms with Gasteiger partial charge in [-0.3, -0.25) is 14.5 Å². The van der Waals surface area contributed by atoms with Crippen molar-refractivity contribution in [3.63, 3.8) is 0 Å². The molecule has 1 heterocycles. The molecule has 0 unspecified atom stereocenters. The standard InChI is InChI=1S/C18H24F3N3O3/c1-12-5-6-15(27-2)14(8-12)23-16(25)9-22-17(26)11-24-7-3-4-13(10-24)18(19,20)21/h5-6,8,13H,3-4,7,9-11H2,1-2H3,(H,22,26)(H,23,25)/t13-/m1/s1. The monoisotopic (exact) mass is 387 g/mol. The van der Waals surface area contributed by atoms with E-state index in [1.807, 2.05) is 13.0 Å². The van der Waals surface area contributed by atoms with Crippen molar-refractivity contribution >= 4 is 17.5 Å². The predicted molar refractivity (Wildman–Crippen MR) is 94.6 cm³/mol. The number of carbonyl (C=O) groups excluding carboxylic acids is 2. The number of likely N-dealkylation sites (tertiary alicyclic amines) is 1. The van der Waals surface area contributed by atoms with Crippen LogP contribution in [0.4, 0.5) is 18.9 Å². The highest BCUT2D eigenvalue weighted by molar-refractivity contribution is 5.96. The molecular formula is C18H24F3N3O3. The molecule has 1 aliphatic rings. The van der Waals surface area contributed by atoms with Crippen molar-refractivity contribution in [1.82, 2.24) is 10.2 Å². The third-order valence-electron chi connectivity index (χ3n) is 4.41. The molecule has 1 atom stereocenters. The number of methoxy groups -OCH3 is 1. The molecular weight excluding hydrogens is 363 g/mol. The number of rotatable bonds is 6. The van der Waals surface area contributed by atoms with Gasteiger partial charge >= 0.3 is 6.18 Å². The minimum absolute atomic E-state index is 0.0857. The zero-order valence-electron chi connectivity index (χ0n) is 15.4. The van der Waals surface area contributed by atoms with Gasteiger partial charge in [0.1, 0.15) is 5.75 Å². The third-order valence-corrected chi connectivity index (χ3v) is 4.41. The molecule has 0 aliphatic carbocycles. The lowest BCUT2D eigenvalue weighted by Gasteiger charge is -2.33. The maximum absolute atomic E-state index is 12.8. The predicted octanol–water partition coefficient (Wildman–Crippen LogP) is 2.33. The average molecular weight is 387 g/mol. The van der Waals surface area contributed by atoms with Crippen LogP contribution in [0.2, 0.25) is 0 Å². The largest absolute Gasteiger partial charge is 0.495 e. The lowest BCUT2D eigenvalue weighted by Crippen LogP contribution is -2.46. The summed E-state index contributed by atoms with van der Waals surface area (Å²) in [7, 11) is 1.48. The first-order valence-corrected chi connectivity index (χ1v) is 8.69. The summed E-state index contributed by atoms with van der Waals surface area (Å²) in [5, 5.41) is 5.09. The number of nitrogens with one attached hydrogen (secondary N) is 2. The maximum Gasteiger partial charge on any atom is 0.393 e. The Bertz CT molecular complexity index is 680. The van der Waals surface area contributed by atoms with Crippen LogP contribution in [0.3, 0.4) is 0 Å². The SMILES string of the molecule is COc1ccc(C)cc1NC(=O)CNC(=O)CN1CCC[C@@H](C(F)(F)F)C1. The molecule has 150 valence electrons.